The van der Waals surface area contributed by atoms with E-state index in [1.165, 1.54) is 6.92 Å². The van der Waals surface area contributed by atoms with E-state index in [1.54, 1.807) is 6.08 Å². The molecule has 0 aromatic rings. The summed E-state index contributed by atoms with van der Waals surface area (Å²) >= 11 is 0. The van der Waals surface area contributed by atoms with Crippen LogP contribution < -0.4 is 5.73 Å². The minimum atomic E-state index is -1.22. The fourth-order valence-corrected chi connectivity index (χ4v) is 0.349. The first-order valence-corrected chi connectivity index (χ1v) is 2.76. The van der Waals surface area contributed by atoms with Crippen LogP contribution in [-0.4, -0.2) is 24.0 Å². The third kappa shape index (κ3) is 7.62. The molecule has 0 amide bonds. The molecule has 3 heteroatoms. The third-order valence-electron chi connectivity index (χ3n) is 0.630. The first-order chi connectivity index (χ1) is 4.06. The van der Waals surface area contributed by atoms with Crippen LogP contribution in [0.2, 0.25) is 0 Å². The van der Waals surface area contributed by atoms with Crippen LogP contribution in [0.15, 0.2) is 12.7 Å². The Morgan fingerprint density at radius 2 is 2.44 bits per heavy atom. The van der Waals surface area contributed by atoms with Gasteiger partial charge >= 0.3 is 0 Å². The fraction of sp³-hybridized carbons (Fsp3) is 0.667. The molecular formula is C6H13NO2. The summed E-state index contributed by atoms with van der Waals surface area (Å²) in [4.78, 5) is 0. The van der Waals surface area contributed by atoms with Gasteiger partial charge in [-0.1, -0.05) is 6.08 Å². The van der Waals surface area contributed by atoms with Crippen LogP contribution in [0, 0.1) is 0 Å². The minimum Gasteiger partial charge on any atom is -0.374 e. The standard InChI is InChI=1S/C6H13NO2/c1-3-4-9-5-6(2,7)8/h3,8H,1,4-5,7H2,2H3. The second-order valence-electron chi connectivity index (χ2n) is 2.16. The van der Waals surface area contributed by atoms with Gasteiger partial charge in [0.25, 0.3) is 0 Å². The molecule has 0 rings (SSSR count). The van der Waals surface area contributed by atoms with Crippen molar-refractivity contribution in [1.82, 2.24) is 0 Å². The van der Waals surface area contributed by atoms with E-state index in [2.05, 4.69) is 6.58 Å². The first-order valence-electron chi connectivity index (χ1n) is 2.76. The van der Waals surface area contributed by atoms with Crippen molar-refractivity contribution in [1.29, 1.82) is 0 Å². The molecule has 0 aliphatic carbocycles. The highest BCUT2D eigenvalue weighted by Gasteiger charge is 2.11. The molecule has 3 N–H and O–H groups in total. The number of aliphatic hydroxyl groups is 1. The van der Waals surface area contributed by atoms with Gasteiger partial charge in [0.2, 0.25) is 0 Å². The lowest BCUT2D eigenvalue weighted by Gasteiger charge is -2.15. The quantitative estimate of drug-likeness (QED) is 0.317. The second kappa shape index (κ2) is 3.61. The Morgan fingerprint density at radius 1 is 1.89 bits per heavy atom. The summed E-state index contributed by atoms with van der Waals surface area (Å²) in [5.41, 5.74) is 3.95. The predicted octanol–water partition coefficient (Wildman–Crippen LogP) is -0.144. The monoisotopic (exact) mass is 131 g/mol. The van der Waals surface area contributed by atoms with Gasteiger partial charge in [-0.15, -0.1) is 6.58 Å². The molecular weight excluding hydrogens is 118 g/mol. The average Bonchev–Trinajstić information content (AvgIpc) is 1.63. The van der Waals surface area contributed by atoms with Gasteiger partial charge in [-0.05, 0) is 6.92 Å². The smallest absolute Gasteiger partial charge is 0.134 e. The zero-order valence-electron chi connectivity index (χ0n) is 5.63. The summed E-state index contributed by atoms with van der Waals surface area (Å²) in [6.45, 7) is 5.48. The molecule has 0 spiro atoms. The van der Waals surface area contributed by atoms with Gasteiger partial charge in [-0.25, -0.2) is 0 Å². The Bertz CT molecular complexity index is 85.5. The highest BCUT2D eigenvalue weighted by Crippen LogP contribution is 1.91. The number of hydrogen-bond donors (Lipinski definition) is 2. The molecule has 0 aromatic heterocycles. The summed E-state index contributed by atoms with van der Waals surface area (Å²) in [5, 5.41) is 8.86. The highest BCUT2D eigenvalue weighted by molar-refractivity contribution is 4.66. The molecule has 9 heavy (non-hydrogen) atoms. The second-order valence-corrected chi connectivity index (χ2v) is 2.16. The van der Waals surface area contributed by atoms with Crippen molar-refractivity contribution in [3.8, 4) is 0 Å². The maximum Gasteiger partial charge on any atom is 0.134 e. The molecule has 0 heterocycles. The van der Waals surface area contributed by atoms with Gasteiger partial charge in [-0.3, -0.25) is 0 Å². The van der Waals surface area contributed by atoms with E-state index in [0.29, 0.717) is 6.61 Å². The van der Waals surface area contributed by atoms with Crippen LogP contribution in [0.1, 0.15) is 6.92 Å². The molecule has 0 aliphatic heterocycles. The van der Waals surface area contributed by atoms with Crippen molar-refractivity contribution in [3.05, 3.63) is 12.7 Å². The van der Waals surface area contributed by atoms with Crippen LogP contribution >= 0.6 is 0 Å². The van der Waals surface area contributed by atoms with E-state index in [9.17, 15) is 0 Å². The van der Waals surface area contributed by atoms with Crippen molar-refractivity contribution in [2.24, 2.45) is 5.73 Å². The van der Waals surface area contributed by atoms with Gasteiger partial charge in [0.05, 0.1) is 13.2 Å². The van der Waals surface area contributed by atoms with Gasteiger partial charge < -0.3 is 15.6 Å². The lowest BCUT2D eigenvalue weighted by Crippen LogP contribution is -2.40. The summed E-state index contributed by atoms with van der Waals surface area (Å²) in [7, 11) is 0. The molecule has 0 radical (unpaired) electrons. The molecule has 0 aromatic carbocycles. The Morgan fingerprint density at radius 3 is 2.78 bits per heavy atom. The van der Waals surface area contributed by atoms with Gasteiger partial charge in [0, 0.05) is 0 Å². The third-order valence-corrected chi connectivity index (χ3v) is 0.630. The SMILES string of the molecule is C=CCOCC(C)(N)O. The zero-order valence-corrected chi connectivity index (χ0v) is 5.63. The lowest BCUT2D eigenvalue weighted by atomic mass is 10.3. The van der Waals surface area contributed by atoms with Crippen LogP contribution in [-0.2, 0) is 4.74 Å². The first kappa shape index (κ1) is 8.62. The largest absolute Gasteiger partial charge is 0.374 e. The summed E-state index contributed by atoms with van der Waals surface area (Å²) in [6, 6.07) is 0. The van der Waals surface area contributed by atoms with Crippen molar-refractivity contribution < 1.29 is 9.84 Å². The van der Waals surface area contributed by atoms with Gasteiger partial charge in [0.1, 0.15) is 5.72 Å². The average molecular weight is 131 g/mol. The van der Waals surface area contributed by atoms with Crippen molar-refractivity contribution in [2.45, 2.75) is 12.6 Å². The van der Waals surface area contributed by atoms with Gasteiger partial charge in [0.15, 0.2) is 0 Å². The van der Waals surface area contributed by atoms with Crippen LogP contribution in [0.25, 0.3) is 0 Å². The molecule has 54 valence electrons. The molecule has 3 nitrogen and oxygen atoms in total. The van der Waals surface area contributed by atoms with Crippen LogP contribution in [0.4, 0.5) is 0 Å². The minimum absolute atomic E-state index is 0.138. The normalized spacial score (nSPS) is 16.8. The number of hydrogen-bond acceptors (Lipinski definition) is 3. The molecule has 0 saturated heterocycles. The van der Waals surface area contributed by atoms with Gasteiger partial charge in [-0.2, -0.15) is 0 Å². The topological polar surface area (TPSA) is 55.5 Å². The van der Waals surface area contributed by atoms with E-state index < -0.39 is 5.72 Å². The lowest BCUT2D eigenvalue weighted by molar-refractivity contribution is -0.0214. The zero-order chi connectivity index (χ0) is 7.33. The van der Waals surface area contributed by atoms with E-state index in [-0.39, 0.29) is 6.61 Å². The molecule has 0 fully saturated rings. The van der Waals surface area contributed by atoms with Crippen molar-refractivity contribution in [3.63, 3.8) is 0 Å². The predicted molar refractivity (Wildman–Crippen MR) is 35.8 cm³/mol. The fourth-order valence-electron chi connectivity index (χ4n) is 0.349. The number of ether oxygens (including phenoxy) is 1. The molecule has 0 aliphatic rings. The van der Waals surface area contributed by atoms with E-state index in [0.717, 1.165) is 0 Å². The Kier molecular flexibility index (Phi) is 3.46. The summed E-state index contributed by atoms with van der Waals surface area (Å²) in [6.07, 6.45) is 1.60. The molecule has 0 saturated carbocycles. The maximum atomic E-state index is 8.86. The van der Waals surface area contributed by atoms with E-state index in [1.807, 2.05) is 0 Å². The Balaban J connectivity index is 3.17. The summed E-state index contributed by atoms with van der Waals surface area (Å²) < 4.78 is 4.85. The molecule has 1 atom stereocenters. The van der Waals surface area contributed by atoms with Crippen LogP contribution in [0.5, 0.6) is 0 Å². The highest BCUT2D eigenvalue weighted by atomic mass is 16.5. The molecule has 1 unspecified atom stereocenters. The van der Waals surface area contributed by atoms with E-state index >= 15 is 0 Å². The van der Waals surface area contributed by atoms with E-state index in [4.69, 9.17) is 15.6 Å². The van der Waals surface area contributed by atoms with Crippen LogP contribution in [0.3, 0.4) is 0 Å². The number of rotatable bonds is 4. The molecule has 0 bridgehead atoms. The Hall–Kier alpha value is -0.380. The maximum absolute atomic E-state index is 8.86. The number of nitrogens with two attached hydrogens (primary N) is 1. The summed E-state index contributed by atoms with van der Waals surface area (Å²) in [5.74, 6) is 0. The Labute approximate surface area is 55.1 Å². The van der Waals surface area contributed by atoms with Crippen molar-refractivity contribution in [2.75, 3.05) is 13.2 Å². The van der Waals surface area contributed by atoms with Crippen molar-refractivity contribution >= 4 is 0 Å².